The number of hydrogen-bond acceptors (Lipinski definition) is 3. The second-order valence-electron chi connectivity index (χ2n) is 6.85. The van der Waals surface area contributed by atoms with Crippen LogP contribution < -0.4 is 0 Å². The van der Waals surface area contributed by atoms with E-state index in [0.29, 0.717) is 11.2 Å². The molecule has 2 heterocycles. The fourth-order valence-corrected chi connectivity index (χ4v) is 3.67. The van der Waals surface area contributed by atoms with E-state index in [-0.39, 0.29) is 0 Å². The zero-order valence-electron chi connectivity index (χ0n) is 12.4. The van der Waals surface area contributed by atoms with Gasteiger partial charge >= 0.3 is 0 Å². The van der Waals surface area contributed by atoms with Crippen LogP contribution in [0.15, 0.2) is 24.3 Å². The van der Waals surface area contributed by atoms with Crippen molar-refractivity contribution in [3.05, 3.63) is 41.5 Å². The molecule has 110 valence electrons. The number of phenols is 1. The van der Waals surface area contributed by atoms with Crippen LogP contribution in [0.1, 0.15) is 37.0 Å². The highest BCUT2D eigenvalue weighted by atomic mass is 16.3. The Hall–Kier alpha value is -1.84. The van der Waals surface area contributed by atoms with Crippen molar-refractivity contribution in [2.75, 3.05) is 0 Å². The normalized spacial score (nSPS) is 24.2. The first kappa shape index (κ1) is 12.9. The van der Waals surface area contributed by atoms with Gasteiger partial charge in [0.25, 0.3) is 0 Å². The van der Waals surface area contributed by atoms with Gasteiger partial charge in [-0.15, -0.1) is 10.2 Å². The molecule has 1 unspecified atom stereocenters. The number of aromatic nitrogens is 3. The van der Waals surface area contributed by atoms with Crippen molar-refractivity contribution in [3.8, 4) is 5.75 Å². The van der Waals surface area contributed by atoms with Crippen molar-refractivity contribution in [1.29, 1.82) is 0 Å². The molecule has 1 aliphatic carbocycles. The Kier molecular flexibility index (Phi) is 2.81. The predicted octanol–water partition coefficient (Wildman–Crippen LogP) is 2.74. The number of rotatable bonds is 4. The zero-order chi connectivity index (χ0) is 14.4. The van der Waals surface area contributed by atoms with Gasteiger partial charge in [-0.1, -0.05) is 25.1 Å². The van der Waals surface area contributed by atoms with Crippen molar-refractivity contribution in [3.63, 3.8) is 0 Å². The van der Waals surface area contributed by atoms with E-state index in [1.807, 2.05) is 18.2 Å². The van der Waals surface area contributed by atoms with E-state index in [1.54, 1.807) is 6.07 Å². The Morgan fingerprint density at radius 1 is 1.24 bits per heavy atom. The van der Waals surface area contributed by atoms with Gasteiger partial charge in [0.1, 0.15) is 17.4 Å². The van der Waals surface area contributed by atoms with Crippen molar-refractivity contribution >= 4 is 0 Å². The number of hydrogen-bond donors (Lipinski definition) is 1. The second kappa shape index (κ2) is 4.58. The molecule has 0 bridgehead atoms. The van der Waals surface area contributed by atoms with E-state index in [2.05, 4.69) is 21.7 Å². The lowest BCUT2D eigenvalue weighted by atomic mass is 9.83. The quantitative estimate of drug-likeness (QED) is 0.938. The SMILES string of the molecule is CC1(C2CC2)Cc2nnc(CCc3ccccc3O)n2C1. The summed E-state index contributed by atoms with van der Waals surface area (Å²) in [5, 5.41) is 18.6. The molecular weight excluding hydrogens is 262 g/mol. The zero-order valence-corrected chi connectivity index (χ0v) is 12.4. The summed E-state index contributed by atoms with van der Waals surface area (Å²) in [6.45, 7) is 3.46. The lowest BCUT2D eigenvalue weighted by Gasteiger charge is -2.22. The summed E-state index contributed by atoms with van der Waals surface area (Å²) < 4.78 is 2.32. The molecule has 1 atom stereocenters. The summed E-state index contributed by atoms with van der Waals surface area (Å²) in [5.41, 5.74) is 1.38. The first-order valence-electron chi connectivity index (χ1n) is 7.83. The maximum absolute atomic E-state index is 9.85. The van der Waals surface area contributed by atoms with Gasteiger partial charge in [-0.2, -0.15) is 0 Å². The molecule has 2 aromatic rings. The molecule has 1 aromatic carbocycles. The Labute approximate surface area is 124 Å². The Morgan fingerprint density at radius 2 is 2.05 bits per heavy atom. The number of aromatic hydroxyl groups is 1. The van der Waals surface area contributed by atoms with E-state index in [1.165, 1.54) is 12.8 Å². The number of para-hydroxylation sites is 1. The number of nitrogens with zero attached hydrogens (tertiary/aromatic N) is 3. The molecule has 0 spiro atoms. The van der Waals surface area contributed by atoms with Gasteiger partial charge in [0.05, 0.1) is 0 Å². The molecule has 1 aliphatic heterocycles. The molecule has 2 aliphatic rings. The molecule has 4 nitrogen and oxygen atoms in total. The van der Waals surface area contributed by atoms with Crippen LogP contribution >= 0.6 is 0 Å². The van der Waals surface area contributed by atoms with Gasteiger partial charge < -0.3 is 9.67 Å². The first-order chi connectivity index (χ1) is 10.2. The maximum Gasteiger partial charge on any atom is 0.133 e. The third-order valence-electron chi connectivity index (χ3n) is 5.16. The monoisotopic (exact) mass is 283 g/mol. The first-order valence-corrected chi connectivity index (χ1v) is 7.83. The van der Waals surface area contributed by atoms with E-state index in [9.17, 15) is 5.11 Å². The standard InChI is InChI=1S/C17H21N3O/c1-17(13-7-8-13)10-16-19-18-15(20(16)11-17)9-6-12-4-2-3-5-14(12)21/h2-5,13,21H,6-11H2,1H3. The molecule has 1 aromatic heterocycles. The van der Waals surface area contributed by atoms with Crippen LogP contribution in [-0.2, 0) is 25.8 Å². The molecule has 1 saturated carbocycles. The van der Waals surface area contributed by atoms with Crippen molar-refractivity contribution in [2.24, 2.45) is 11.3 Å². The van der Waals surface area contributed by atoms with E-state index < -0.39 is 0 Å². The fraction of sp³-hybridized carbons (Fsp3) is 0.529. The topological polar surface area (TPSA) is 50.9 Å². The van der Waals surface area contributed by atoms with Crippen molar-refractivity contribution < 1.29 is 5.11 Å². The summed E-state index contributed by atoms with van der Waals surface area (Å²) in [6, 6.07) is 7.54. The number of benzene rings is 1. The van der Waals surface area contributed by atoms with Crippen LogP contribution in [-0.4, -0.2) is 19.9 Å². The minimum absolute atomic E-state index is 0.376. The molecule has 0 radical (unpaired) electrons. The molecule has 0 saturated heterocycles. The summed E-state index contributed by atoms with van der Waals surface area (Å²) in [4.78, 5) is 0. The lowest BCUT2D eigenvalue weighted by molar-refractivity contribution is 0.263. The van der Waals surface area contributed by atoms with E-state index in [4.69, 9.17) is 0 Å². The minimum atomic E-state index is 0.376. The van der Waals surface area contributed by atoms with Crippen LogP contribution in [0, 0.1) is 11.3 Å². The van der Waals surface area contributed by atoms with Gasteiger partial charge in [0.2, 0.25) is 0 Å². The highest BCUT2D eigenvalue weighted by Gasteiger charge is 2.46. The van der Waals surface area contributed by atoms with Gasteiger partial charge in [-0.3, -0.25) is 0 Å². The molecule has 1 N–H and O–H groups in total. The molecular formula is C17H21N3O. The molecule has 1 fully saturated rings. The van der Waals surface area contributed by atoms with Gasteiger partial charge in [0.15, 0.2) is 0 Å². The van der Waals surface area contributed by atoms with Crippen LogP contribution in [0.3, 0.4) is 0 Å². The summed E-state index contributed by atoms with van der Waals surface area (Å²) >= 11 is 0. The summed E-state index contributed by atoms with van der Waals surface area (Å²) in [6.07, 6.45) is 5.47. The molecule has 4 rings (SSSR count). The number of phenolic OH excluding ortho intramolecular Hbond substituents is 1. The van der Waals surface area contributed by atoms with E-state index in [0.717, 1.165) is 48.9 Å². The Morgan fingerprint density at radius 3 is 2.81 bits per heavy atom. The Bertz CT molecular complexity index is 674. The van der Waals surface area contributed by atoms with E-state index >= 15 is 0 Å². The van der Waals surface area contributed by atoms with Crippen molar-refractivity contribution in [2.45, 2.75) is 45.6 Å². The van der Waals surface area contributed by atoms with Crippen LogP contribution in [0.5, 0.6) is 5.75 Å². The van der Waals surface area contributed by atoms with Crippen LogP contribution in [0.4, 0.5) is 0 Å². The van der Waals surface area contributed by atoms with Gasteiger partial charge in [-0.05, 0) is 42.2 Å². The fourth-order valence-electron chi connectivity index (χ4n) is 3.67. The largest absolute Gasteiger partial charge is 0.508 e. The highest BCUT2D eigenvalue weighted by Crippen LogP contribution is 2.50. The second-order valence-corrected chi connectivity index (χ2v) is 6.85. The average Bonchev–Trinajstić information content (AvgIpc) is 3.19. The smallest absolute Gasteiger partial charge is 0.133 e. The van der Waals surface area contributed by atoms with Crippen molar-refractivity contribution in [1.82, 2.24) is 14.8 Å². The molecule has 0 amide bonds. The highest BCUT2D eigenvalue weighted by molar-refractivity contribution is 5.32. The molecule has 21 heavy (non-hydrogen) atoms. The van der Waals surface area contributed by atoms with Crippen LogP contribution in [0.2, 0.25) is 0 Å². The molecule has 4 heteroatoms. The van der Waals surface area contributed by atoms with Gasteiger partial charge in [-0.25, -0.2) is 0 Å². The van der Waals surface area contributed by atoms with Gasteiger partial charge in [0, 0.05) is 19.4 Å². The summed E-state index contributed by atoms with van der Waals surface area (Å²) in [7, 11) is 0. The summed E-state index contributed by atoms with van der Waals surface area (Å²) in [5.74, 6) is 3.47. The third-order valence-corrected chi connectivity index (χ3v) is 5.16. The Balaban J connectivity index is 1.50. The average molecular weight is 283 g/mol. The van der Waals surface area contributed by atoms with Crippen LogP contribution in [0.25, 0.3) is 0 Å². The predicted molar refractivity (Wildman–Crippen MR) is 80.1 cm³/mol. The lowest BCUT2D eigenvalue weighted by Crippen LogP contribution is -2.21. The number of aryl methyl sites for hydroxylation is 2. The minimum Gasteiger partial charge on any atom is -0.508 e. The third kappa shape index (κ3) is 2.23. The number of fused-ring (bicyclic) bond motifs is 1. The maximum atomic E-state index is 9.85.